The van der Waals surface area contributed by atoms with Crippen molar-refractivity contribution in [2.24, 2.45) is 0 Å². The first kappa shape index (κ1) is 15.1. The molecule has 0 aliphatic rings. The second-order valence-corrected chi connectivity index (χ2v) is 5.17. The van der Waals surface area contributed by atoms with Gasteiger partial charge in [0.1, 0.15) is 5.82 Å². The Hall–Kier alpha value is -1.29. The minimum absolute atomic E-state index is 0.188. The number of carbonyl (C=O) groups excluding carboxylic acids is 1. The summed E-state index contributed by atoms with van der Waals surface area (Å²) >= 11 is 17.6. The molecule has 0 fully saturated rings. The van der Waals surface area contributed by atoms with E-state index in [0.717, 1.165) is 0 Å². The van der Waals surface area contributed by atoms with Crippen molar-refractivity contribution in [3.63, 3.8) is 0 Å². The highest BCUT2D eigenvalue weighted by Gasteiger charge is 2.12. The fourth-order valence-corrected chi connectivity index (χ4v) is 2.45. The van der Waals surface area contributed by atoms with Gasteiger partial charge in [0.25, 0.3) is 0 Å². The highest BCUT2D eigenvalue weighted by Crippen LogP contribution is 2.35. The summed E-state index contributed by atoms with van der Waals surface area (Å²) in [7, 11) is 0. The molecule has 6 heteroatoms. The standard InChI is InChI=1S/C14H8Cl3FO2/c15-9-5-11(16)14(12(17)6-9)20-7-13(19)8-1-3-10(18)4-2-8/h1-6H,7H2. The Morgan fingerprint density at radius 1 is 1.05 bits per heavy atom. The third-order valence-corrected chi connectivity index (χ3v) is 3.26. The van der Waals surface area contributed by atoms with Gasteiger partial charge in [-0.1, -0.05) is 34.8 Å². The van der Waals surface area contributed by atoms with Crippen LogP contribution in [0.2, 0.25) is 15.1 Å². The molecule has 2 rings (SSSR count). The number of ether oxygens (including phenoxy) is 1. The third kappa shape index (κ3) is 3.63. The van der Waals surface area contributed by atoms with Gasteiger partial charge in [0.05, 0.1) is 10.0 Å². The molecule has 0 heterocycles. The largest absolute Gasteiger partial charge is 0.482 e. The van der Waals surface area contributed by atoms with Gasteiger partial charge in [-0.05, 0) is 36.4 Å². The van der Waals surface area contributed by atoms with E-state index in [4.69, 9.17) is 39.5 Å². The number of hydrogen-bond donors (Lipinski definition) is 0. The van der Waals surface area contributed by atoms with Gasteiger partial charge in [0.15, 0.2) is 18.1 Å². The second kappa shape index (κ2) is 6.44. The maximum atomic E-state index is 12.8. The first-order valence-electron chi connectivity index (χ1n) is 5.53. The fourth-order valence-electron chi connectivity index (χ4n) is 1.52. The average Bonchev–Trinajstić information content (AvgIpc) is 2.38. The molecule has 0 atom stereocenters. The molecule has 0 amide bonds. The van der Waals surface area contributed by atoms with Crippen LogP contribution in [-0.2, 0) is 0 Å². The molecule has 0 N–H and O–H groups in total. The Bertz CT molecular complexity index is 618. The van der Waals surface area contributed by atoms with Crippen LogP contribution < -0.4 is 4.74 Å². The third-order valence-electron chi connectivity index (χ3n) is 2.48. The molecule has 0 saturated heterocycles. The zero-order valence-electron chi connectivity index (χ0n) is 10.00. The number of hydrogen-bond acceptors (Lipinski definition) is 2. The van der Waals surface area contributed by atoms with E-state index in [1.54, 1.807) is 0 Å². The molecule has 0 saturated carbocycles. The van der Waals surface area contributed by atoms with Gasteiger partial charge in [-0.25, -0.2) is 4.39 Å². The summed E-state index contributed by atoms with van der Waals surface area (Å²) < 4.78 is 18.1. The smallest absolute Gasteiger partial charge is 0.200 e. The van der Waals surface area contributed by atoms with Gasteiger partial charge in [-0.2, -0.15) is 0 Å². The molecule has 2 aromatic rings. The first-order chi connectivity index (χ1) is 9.47. The summed E-state index contributed by atoms with van der Waals surface area (Å²) in [4.78, 5) is 11.9. The lowest BCUT2D eigenvalue weighted by Crippen LogP contribution is -2.12. The van der Waals surface area contributed by atoms with Gasteiger partial charge < -0.3 is 4.74 Å². The van der Waals surface area contributed by atoms with Crippen LogP contribution in [0.4, 0.5) is 4.39 Å². The van der Waals surface area contributed by atoms with Crippen molar-refractivity contribution in [1.82, 2.24) is 0 Å². The minimum atomic E-state index is -0.411. The zero-order valence-corrected chi connectivity index (χ0v) is 12.3. The molecule has 0 aromatic heterocycles. The number of rotatable bonds is 4. The van der Waals surface area contributed by atoms with E-state index < -0.39 is 5.82 Å². The predicted molar refractivity (Wildman–Crippen MR) is 77.7 cm³/mol. The van der Waals surface area contributed by atoms with Crippen LogP contribution >= 0.6 is 34.8 Å². The molecule has 0 spiro atoms. The summed E-state index contributed by atoms with van der Waals surface area (Å²) in [5.74, 6) is -0.536. The van der Waals surface area contributed by atoms with Crippen molar-refractivity contribution in [2.75, 3.05) is 6.61 Å². The number of Topliss-reactive ketones (excluding diaryl/α,β-unsaturated/α-hetero) is 1. The van der Waals surface area contributed by atoms with Crippen molar-refractivity contribution in [2.45, 2.75) is 0 Å². The molecule has 0 aliphatic carbocycles. The van der Waals surface area contributed by atoms with E-state index in [0.29, 0.717) is 10.6 Å². The number of halogens is 4. The maximum absolute atomic E-state index is 12.8. The van der Waals surface area contributed by atoms with Crippen LogP contribution in [0.3, 0.4) is 0 Å². The number of ketones is 1. The SMILES string of the molecule is O=C(COc1c(Cl)cc(Cl)cc1Cl)c1ccc(F)cc1. The Labute approximate surface area is 130 Å². The van der Waals surface area contributed by atoms with E-state index in [1.165, 1.54) is 36.4 Å². The quantitative estimate of drug-likeness (QED) is 0.732. The monoisotopic (exact) mass is 332 g/mol. The van der Waals surface area contributed by atoms with Crippen molar-refractivity contribution in [3.05, 3.63) is 62.8 Å². The maximum Gasteiger partial charge on any atom is 0.200 e. The van der Waals surface area contributed by atoms with Crippen molar-refractivity contribution in [1.29, 1.82) is 0 Å². The van der Waals surface area contributed by atoms with Crippen molar-refractivity contribution >= 4 is 40.6 Å². The average molecular weight is 334 g/mol. The molecular formula is C14H8Cl3FO2. The van der Waals surface area contributed by atoms with Crippen LogP contribution in [0.25, 0.3) is 0 Å². The van der Waals surface area contributed by atoms with Crippen LogP contribution in [0.15, 0.2) is 36.4 Å². The molecule has 104 valence electrons. The number of carbonyl (C=O) groups is 1. The van der Waals surface area contributed by atoms with E-state index in [9.17, 15) is 9.18 Å². The van der Waals surface area contributed by atoms with Crippen molar-refractivity contribution < 1.29 is 13.9 Å². The molecule has 2 nitrogen and oxygen atoms in total. The summed E-state index contributed by atoms with van der Waals surface area (Å²) in [5.41, 5.74) is 0.340. The van der Waals surface area contributed by atoms with E-state index in [-0.39, 0.29) is 28.2 Å². The Balaban J connectivity index is 2.09. The predicted octanol–water partition coefficient (Wildman–Crippen LogP) is 5.05. The molecule has 0 unspecified atom stereocenters. The molecular weight excluding hydrogens is 326 g/mol. The lowest BCUT2D eigenvalue weighted by atomic mass is 10.1. The molecule has 2 aromatic carbocycles. The van der Waals surface area contributed by atoms with Gasteiger partial charge in [0, 0.05) is 10.6 Å². The van der Waals surface area contributed by atoms with Gasteiger partial charge in [0.2, 0.25) is 0 Å². The molecule has 0 bridgehead atoms. The summed E-state index contributed by atoms with van der Waals surface area (Å²) in [6.07, 6.45) is 0. The summed E-state index contributed by atoms with van der Waals surface area (Å²) in [6, 6.07) is 8.10. The Morgan fingerprint density at radius 3 is 2.15 bits per heavy atom. The molecule has 0 aliphatic heterocycles. The Morgan fingerprint density at radius 2 is 1.60 bits per heavy atom. The topological polar surface area (TPSA) is 26.3 Å². The van der Waals surface area contributed by atoms with Crippen molar-refractivity contribution in [3.8, 4) is 5.75 Å². The normalized spacial score (nSPS) is 10.4. The first-order valence-corrected chi connectivity index (χ1v) is 6.67. The van der Waals surface area contributed by atoms with Crippen LogP contribution in [-0.4, -0.2) is 12.4 Å². The Kier molecular flexibility index (Phi) is 4.86. The van der Waals surface area contributed by atoms with Gasteiger partial charge >= 0.3 is 0 Å². The highest BCUT2D eigenvalue weighted by molar-refractivity contribution is 6.40. The van der Waals surface area contributed by atoms with Gasteiger partial charge in [-0.3, -0.25) is 4.79 Å². The minimum Gasteiger partial charge on any atom is -0.482 e. The molecule has 0 radical (unpaired) electrons. The lowest BCUT2D eigenvalue weighted by Gasteiger charge is -2.09. The van der Waals surface area contributed by atoms with Crippen LogP contribution in [0, 0.1) is 5.82 Å². The zero-order chi connectivity index (χ0) is 14.7. The summed E-state index contributed by atoms with van der Waals surface area (Å²) in [5, 5.41) is 0.807. The second-order valence-electron chi connectivity index (χ2n) is 3.92. The molecule has 20 heavy (non-hydrogen) atoms. The van der Waals surface area contributed by atoms with Gasteiger partial charge in [-0.15, -0.1) is 0 Å². The summed E-state index contributed by atoms with van der Waals surface area (Å²) in [6.45, 7) is -0.257. The van der Waals surface area contributed by atoms with E-state index in [2.05, 4.69) is 0 Å². The fraction of sp³-hybridized carbons (Fsp3) is 0.0714. The van der Waals surface area contributed by atoms with Crippen LogP contribution in [0.1, 0.15) is 10.4 Å². The van der Waals surface area contributed by atoms with E-state index in [1.807, 2.05) is 0 Å². The highest BCUT2D eigenvalue weighted by atomic mass is 35.5. The van der Waals surface area contributed by atoms with E-state index >= 15 is 0 Å². The lowest BCUT2D eigenvalue weighted by molar-refractivity contribution is 0.0921. The van der Waals surface area contributed by atoms with Crippen LogP contribution in [0.5, 0.6) is 5.75 Å². The number of benzene rings is 2.